The van der Waals surface area contributed by atoms with Gasteiger partial charge in [-0.2, -0.15) is 0 Å². The molecule has 1 atom stereocenters. The second kappa shape index (κ2) is 4.35. The Kier molecular flexibility index (Phi) is 3.35. The smallest absolute Gasteiger partial charge is 0.313 e. The van der Waals surface area contributed by atoms with Gasteiger partial charge in [-0.3, -0.25) is 9.69 Å². The van der Waals surface area contributed by atoms with E-state index in [0.29, 0.717) is 6.42 Å². The molecule has 1 aliphatic heterocycles. The summed E-state index contributed by atoms with van der Waals surface area (Å²) in [5.74, 6) is 2.31. The number of hydrogen-bond donors (Lipinski definition) is 0. The van der Waals surface area contributed by atoms with Crippen molar-refractivity contribution in [2.45, 2.75) is 39.3 Å². The van der Waals surface area contributed by atoms with Crippen molar-refractivity contribution in [3.05, 3.63) is 0 Å². The minimum Gasteiger partial charge on any atom is -0.313 e. The third-order valence-electron chi connectivity index (χ3n) is 2.50. The number of rotatable bonds is 3. The third-order valence-corrected chi connectivity index (χ3v) is 2.50. The number of nitrogens with zero attached hydrogens (tertiary/aromatic N) is 2. The van der Waals surface area contributed by atoms with Gasteiger partial charge >= 0.3 is 6.03 Å². The van der Waals surface area contributed by atoms with Crippen LogP contribution in [0.2, 0.25) is 0 Å². The van der Waals surface area contributed by atoms with Gasteiger partial charge in [0.15, 0.2) is 0 Å². The van der Waals surface area contributed by atoms with Crippen molar-refractivity contribution >= 4 is 11.9 Å². The van der Waals surface area contributed by atoms with Crippen LogP contribution in [0, 0.1) is 12.3 Å². The normalized spacial score (nSPS) is 18.6. The number of carbonyl (C=O) groups excluding carboxylic acids is 2. The number of amides is 3. The Morgan fingerprint density at radius 2 is 2.00 bits per heavy atom. The van der Waals surface area contributed by atoms with Gasteiger partial charge in [-0.1, -0.05) is 0 Å². The highest BCUT2D eigenvalue weighted by Crippen LogP contribution is 2.17. The fourth-order valence-corrected chi connectivity index (χ4v) is 1.63. The summed E-state index contributed by atoms with van der Waals surface area (Å²) in [5, 5.41) is 0. The predicted molar refractivity (Wildman–Crippen MR) is 57.0 cm³/mol. The number of imide groups is 1. The summed E-state index contributed by atoms with van der Waals surface area (Å²) in [7, 11) is 0. The van der Waals surface area contributed by atoms with Crippen LogP contribution in [0.1, 0.15) is 27.2 Å². The lowest BCUT2D eigenvalue weighted by Gasteiger charge is -2.23. The molecule has 0 spiro atoms. The van der Waals surface area contributed by atoms with Gasteiger partial charge in [-0.05, 0) is 20.8 Å². The highest BCUT2D eigenvalue weighted by molar-refractivity contribution is 6.02. The summed E-state index contributed by atoms with van der Waals surface area (Å²) < 4.78 is 0. The summed E-state index contributed by atoms with van der Waals surface area (Å²) in [5.41, 5.74) is 0. The molecule has 82 valence electrons. The second-order valence-electron chi connectivity index (χ2n) is 4.03. The van der Waals surface area contributed by atoms with Crippen LogP contribution in [0.5, 0.6) is 0 Å². The highest BCUT2D eigenvalue weighted by atomic mass is 16.2. The van der Waals surface area contributed by atoms with Crippen LogP contribution >= 0.6 is 0 Å². The topological polar surface area (TPSA) is 40.6 Å². The minimum absolute atomic E-state index is 0.0458. The van der Waals surface area contributed by atoms with E-state index in [9.17, 15) is 9.59 Å². The molecular formula is C11H16N2O2. The maximum atomic E-state index is 11.8. The average molecular weight is 208 g/mol. The second-order valence-corrected chi connectivity index (χ2v) is 4.03. The zero-order valence-corrected chi connectivity index (χ0v) is 9.36. The van der Waals surface area contributed by atoms with Gasteiger partial charge in [0.2, 0.25) is 0 Å². The van der Waals surface area contributed by atoms with Gasteiger partial charge in [0, 0.05) is 18.5 Å². The molecule has 0 aromatic rings. The molecule has 0 aromatic heterocycles. The maximum Gasteiger partial charge on any atom is 0.327 e. The summed E-state index contributed by atoms with van der Waals surface area (Å²) >= 11 is 0. The molecule has 0 bridgehead atoms. The van der Waals surface area contributed by atoms with Gasteiger partial charge < -0.3 is 4.90 Å². The van der Waals surface area contributed by atoms with Gasteiger partial charge in [0.05, 0.1) is 0 Å². The van der Waals surface area contributed by atoms with E-state index in [0.717, 1.165) is 0 Å². The molecule has 3 amide bonds. The molecule has 1 aliphatic rings. The Morgan fingerprint density at radius 3 is 2.40 bits per heavy atom. The standard InChI is InChI=1S/C11H16N2O2/c1-5-6-9(4)13-10(14)7-12(8(2)3)11(13)15/h1,8-9H,6-7H2,2-4H3/t9-/m1/s1. The van der Waals surface area contributed by atoms with Crippen LogP contribution in [0.3, 0.4) is 0 Å². The lowest BCUT2D eigenvalue weighted by atomic mass is 10.2. The van der Waals surface area contributed by atoms with Crippen LogP contribution in [-0.4, -0.2) is 40.4 Å². The van der Waals surface area contributed by atoms with Crippen LogP contribution in [0.15, 0.2) is 0 Å². The van der Waals surface area contributed by atoms with Crippen molar-refractivity contribution in [3.63, 3.8) is 0 Å². The first-order valence-corrected chi connectivity index (χ1v) is 5.05. The number of terminal acetylenes is 1. The zero-order valence-electron chi connectivity index (χ0n) is 9.36. The summed E-state index contributed by atoms with van der Waals surface area (Å²) in [6.07, 6.45) is 5.58. The first kappa shape index (κ1) is 11.6. The van der Waals surface area contributed by atoms with Gasteiger partial charge in [0.25, 0.3) is 5.91 Å². The van der Waals surface area contributed by atoms with Crippen molar-refractivity contribution in [3.8, 4) is 12.3 Å². The van der Waals surface area contributed by atoms with Crippen molar-refractivity contribution in [1.29, 1.82) is 0 Å². The average Bonchev–Trinajstić information content (AvgIpc) is 2.42. The van der Waals surface area contributed by atoms with E-state index >= 15 is 0 Å². The molecule has 0 unspecified atom stereocenters. The van der Waals surface area contributed by atoms with E-state index in [4.69, 9.17) is 6.42 Å². The van der Waals surface area contributed by atoms with Crippen LogP contribution < -0.4 is 0 Å². The first-order chi connectivity index (χ1) is 6.99. The van der Waals surface area contributed by atoms with Crippen molar-refractivity contribution in [2.75, 3.05) is 6.54 Å². The molecule has 0 aliphatic carbocycles. The Morgan fingerprint density at radius 1 is 1.40 bits per heavy atom. The molecule has 1 heterocycles. The number of hydrogen-bond acceptors (Lipinski definition) is 2. The van der Waals surface area contributed by atoms with Crippen molar-refractivity contribution in [2.24, 2.45) is 0 Å². The number of urea groups is 1. The van der Waals surface area contributed by atoms with E-state index < -0.39 is 0 Å². The number of carbonyl (C=O) groups is 2. The molecule has 1 saturated heterocycles. The maximum absolute atomic E-state index is 11.8. The Hall–Kier alpha value is -1.50. The molecular weight excluding hydrogens is 192 g/mol. The van der Waals surface area contributed by atoms with Gasteiger partial charge in [-0.15, -0.1) is 12.3 Å². The fourth-order valence-electron chi connectivity index (χ4n) is 1.63. The Balaban J connectivity index is 2.80. The third kappa shape index (κ3) is 2.12. The molecule has 1 fully saturated rings. The fraction of sp³-hybridized carbons (Fsp3) is 0.636. The largest absolute Gasteiger partial charge is 0.327 e. The van der Waals surface area contributed by atoms with E-state index in [2.05, 4.69) is 5.92 Å². The highest BCUT2D eigenvalue weighted by Gasteiger charge is 2.39. The SMILES string of the molecule is C#CC[C@@H](C)N1C(=O)CN(C(C)C)C1=O. The molecule has 0 N–H and O–H groups in total. The molecule has 1 rings (SSSR count). The summed E-state index contributed by atoms with van der Waals surface area (Å²) in [4.78, 5) is 26.3. The lowest BCUT2D eigenvalue weighted by Crippen LogP contribution is -2.41. The molecule has 4 nitrogen and oxygen atoms in total. The summed E-state index contributed by atoms with van der Waals surface area (Å²) in [6.45, 7) is 5.74. The molecule has 4 heteroatoms. The molecule has 0 radical (unpaired) electrons. The van der Waals surface area contributed by atoms with Crippen LogP contribution in [0.4, 0.5) is 4.79 Å². The quantitative estimate of drug-likeness (QED) is 0.514. The molecule has 15 heavy (non-hydrogen) atoms. The van der Waals surface area contributed by atoms with E-state index in [-0.39, 0.29) is 30.6 Å². The minimum atomic E-state index is -0.224. The lowest BCUT2D eigenvalue weighted by molar-refractivity contribution is -0.126. The Labute approximate surface area is 90.2 Å². The van der Waals surface area contributed by atoms with E-state index in [1.165, 1.54) is 4.90 Å². The van der Waals surface area contributed by atoms with Crippen molar-refractivity contribution < 1.29 is 9.59 Å². The summed E-state index contributed by atoms with van der Waals surface area (Å²) in [6, 6.07) is -0.388. The predicted octanol–water partition coefficient (Wildman–Crippen LogP) is 1.07. The van der Waals surface area contributed by atoms with E-state index in [1.807, 2.05) is 13.8 Å². The molecule has 0 saturated carbocycles. The van der Waals surface area contributed by atoms with Crippen molar-refractivity contribution in [1.82, 2.24) is 9.80 Å². The Bertz CT molecular complexity index is 317. The van der Waals surface area contributed by atoms with Gasteiger partial charge in [-0.25, -0.2) is 4.79 Å². The van der Waals surface area contributed by atoms with E-state index in [1.54, 1.807) is 11.8 Å². The van der Waals surface area contributed by atoms with Crippen LogP contribution in [-0.2, 0) is 4.79 Å². The first-order valence-electron chi connectivity index (χ1n) is 5.05. The molecule has 0 aromatic carbocycles. The van der Waals surface area contributed by atoms with Gasteiger partial charge in [0.1, 0.15) is 6.54 Å². The van der Waals surface area contributed by atoms with Crippen LogP contribution in [0.25, 0.3) is 0 Å². The monoisotopic (exact) mass is 208 g/mol. The zero-order chi connectivity index (χ0) is 11.6.